The van der Waals surface area contributed by atoms with Crippen molar-refractivity contribution in [3.05, 3.63) is 92.9 Å². The molecular formula is C22H18N4O5. The van der Waals surface area contributed by atoms with E-state index in [1.165, 1.54) is 16.9 Å². The third kappa shape index (κ3) is 4.01. The molecule has 156 valence electrons. The summed E-state index contributed by atoms with van der Waals surface area (Å²) in [5, 5.41) is 5.44. The second-order valence-corrected chi connectivity index (χ2v) is 6.70. The number of aromatic amines is 1. The highest BCUT2D eigenvalue weighted by molar-refractivity contribution is 6.06. The first-order chi connectivity index (χ1) is 15.0. The van der Waals surface area contributed by atoms with Crippen molar-refractivity contribution in [1.82, 2.24) is 9.55 Å². The zero-order valence-corrected chi connectivity index (χ0v) is 16.5. The van der Waals surface area contributed by atoms with Gasteiger partial charge in [-0.2, -0.15) is 0 Å². The summed E-state index contributed by atoms with van der Waals surface area (Å²) in [6.45, 7) is 2.10. The van der Waals surface area contributed by atoms with Gasteiger partial charge in [-0.3, -0.25) is 19.2 Å². The largest absolute Gasteiger partial charge is 0.459 e. The van der Waals surface area contributed by atoms with Gasteiger partial charge in [-0.05, 0) is 55.5 Å². The van der Waals surface area contributed by atoms with Gasteiger partial charge in [0, 0.05) is 23.5 Å². The number of amides is 2. The zero-order chi connectivity index (χ0) is 22.0. The Morgan fingerprint density at radius 3 is 2.39 bits per heavy atom. The summed E-state index contributed by atoms with van der Waals surface area (Å²) in [6.07, 6.45) is 1.40. The number of benzene rings is 2. The predicted molar refractivity (Wildman–Crippen MR) is 116 cm³/mol. The van der Waals surface area contributed by atoms with Crippen LogP contribution in [0.2, 0.25) is 0 Å². The number of aromatic nitrogens is 2. The molecule has 4 aromatic rings. The highest BCUT2D eigenvalue weighted by Crippen LogP contribution is 2.18. The van der Waals surface area contributed by atoms with E-state index in [0.29, 0.717) is 34.5 Å². The van der Waals surface area contributed by atoms with Gasteiger partial charge in [-0.1, -0.05) is 6.07 Å². The van der Waals surface area contributed by atoms with E-state index in [-0.39, 0.29) is 5.76 Å². The molecule has 2 heterocycles. The van der Waals surface area contributed by atoms with E-state index in [9.17, 15) is 19.2 Å². The highest BCUT2D eigenvalue weighted by atomic mass is 16.3. The summed E-state index contributed by atoms with van der Waals surface area (Å²) in [5.41, 5.74) is 0.787. The number of hydrogen-bond donors (Lipinski definition) is 3. The van der Waals surface area contributed by atoms with Crippen molar-refractivity contribution in [2.45, 2.75) is 13.5 Å². The number of nitrogens with one attached hydrogen (secondary N) is 3. The first-order valence-corrected chi connectivity index (χ1v) is 9.49. The molecule has 0 unspecified atom stereocenters. The number of aryl methyl sites for hydroxylation is 1. The lowest BCUT2D eigenvalue weighted by Crippen LogP contribution is -2.36. The molecule has 0 aliphatic rings. The summed E-state index contributed by atoms with van der Waals surface area (Å²) < 4.78 is 6.41. The Bertz CT molecular complexity index is 1400. The average Bonchev–Trinajstić information content (AvgIpc) is 3.30. The van der Waals surface area contributed by atoms with E-state index in [1.54, 1.807) is 55.5 Å². The third-order valence-corrected chi connectivity index (χ3v) is 4.68. The molecule has 0 radical (unpaired) electrons. The van der Waals surface area contributed by atoms with Crippen molar-refractivity contribution < 1.29 is 14.0 Å². The molecule has 0 atom stereocenters. The van der Waals surface area contributed by atoms with Crippen molar-refractivity contribution in [2.75, 3.05) is 10.6 Å². The molecule has 9 heteroatoms. The lowest BCUT2D eigenvalue weighted by atomic mass is 10.1. The summed E-state index contributed by atoms with van der Waals surface area (Å²) >= 11 is 0. The molecule has 2 aromatic carbocycles. The molecule has 4 rings (SSSR count). The standard InChI is InChI=1S/C22H18N4O5/c1-2-26-17-9-8-13(11-16(17)25-21(29)22(26)30)19(27)23-14-5-3-6-15(12-14)24-20(28)18-7-4-10-31-18/h3-12H,2H2,1H3,(H,23,27)(H,24,28)(H,25,29). The van der Waals surface area contributed by atoms with Gasteiger partial charge in [0.25, 0.3) is 11.8 Å². The molecular weight excluding hydrogens is 400 g/mol. The van der Waals surface area contributed by atoms with Gasteiger partial charge in [-0.25, -0.2) is 0 Å². The summed E-state index contributed by atoms with van der Waals surface area (Å²) in [4.78, 5) is 51.2. The van der Waals surface area contributed by atoms with Crippen LogP contribution in [-0.2, 0) is 6.54 Å². The second-order valence-electron chi connectivity index (χ2n) is 6.70. The van der Waals surface area contributed by atoms with Crippen LogP contribution in [-0.4, -0.2) is 21.4 Å². The molecule has 0 aliphatic carbocycles. The van der Waals surface area contributed by atoms with E-state index >= 15 is 0 Å². The molecule has 0 saturated heterocycles. The number of carbonyl (C=O) groups is 2. The number of H-pyrrole nitrogens is 1. The van der Waals surface area contributed by atoms with Crippen LogP contribution in [0.15, 0.2) is 74.9 Å². The molecule has 0 aliphatic heterocycles. The fraction of sp³-hybridized carbons (Fsp3) is 0.0909. The number of nitrogens with zero attached hydrogens (tertiary/aromatic N) is 1. The van der Waals surface area contributed by atoms with Crippen LogP contribution >= 0.6 is 0 Å². The molecule has 0 bridgehead atoms. The first-order valence-electron chi connectivity index (χ1n) is 9.49. The predicted octanol–water partition coefficient (Wildman–Crippen LogP) is 2.81. The van der Waals surface area contributed by atoms with Gasteiger partial charge in [0.05, 0.1) is 17.3 Å². The zero-order valence-electron chi connectivity index (χ0n) is 16.5. The Morgan fingerprint density at radius 2 is 1.71 bits per heavy atom. The van der Waals surface area contributed by atoms with Crippen molar-refractivity contribution >= 4 is 34.2 Å². The molecule has 2 amide bonds. The van der Waals surface area contributed by atoms with E-state index in [0.717, 1.165) is 0 Å². The van der Waals surface area contributed by atoms with E-state index < -0.39 is 22.9 Å². The number of furan rings is 1. The van der Waals surface area contributed by atoms with Crippen LogP contribution in [0.4, 0.5) is 11.4 Å². The van der Waals surface area contributed by atoms with Gasteiger partial charge in [0.15, 0.2) is 5.76 Å². The topological polar surface area (TPSA) is 126 Å². The van der Waals surface area contributed by atoms with Gasteiger partial charge in [-0.15, -0.1) is 0 Å². The summed E-state index contributed by atoms with van der Waals surface area (Å²) in [5.74, 6) is -0.648. The summed E-state index contributed by atoms with van der Waals surface area (Å²) in [6, 6.07) is 14.5. The third-order valence-electron chi connectivity index (χ3n) is 4.68. The number of carbonyl (C=O) groups excluding carboxylic acids is 2. The Balaban J connectivity index is 1.56. The highest BCUT2D eigenvalue weighted by Gasteiger charge is 2.12. The van der Waals surface area contributed by atoms with Crippen LogP contribution in [0.3, 0.4) is 0 Å². The maximum Gasteiger partial charge on any atom is 0.316 e. The Hall–Kier alpha value is -4.40. The summed E-state index contributed by atoms with van der Waals surface area (Å²) in [7, 11) is 0. The Morgan fingerprint density at radius 1 is 0.968 bits per heavy atom. The molecule has 31 heavy (non-hydrogen) atoms. The number of anilines is 2. The van der Waals surface area contributed by atoms with E-state index in [1.807, 2.05) is 0 Å². The lowest BCUT2D eigenvalue weighted by Gasteiger charge is -2.10. The minimum absolute atomic E-state index is 0.171. The van der Waals surface area contributed by atoms with Gasteiger partial charge in [0.2, 0.25) is 0 Å². The molecule has 0 spiro atoms. The smallest absolute Gasteiger partial charge is 0.316 e. The maximum absolute atomic E-state index is 12.7. The van der Waals surface area contributed by atoms with Crippen molar-refractivity contribution in [3.8, 4) is 0 Å². The van der Waals surface area contributed by atoms with Crippen LogP contribution in [0, 0.1) is 0 Å². The van der Waals surface area contributed by atoms with Crippen LogP contribution in [0.1, 0.15) is 27.8 Å². The molecule has 2 aromatic heterocycles. The van der Waals surface area contributed by atoms with E-state index in [4.69, 9.17) is 4.42 Å². The van der Waals surface area contributed by atoms with Gasteiger partial charge in [0.1, 0.15) is 0 Å². The monoisotopic (exact) mass is 418 g/mol. The van der Waals surface area contributed by atoms with Gasteiger partial charge >= 0.3 is 11.1 Å². The number of rotatable bonds is 5. The van der Waals surface area contributed by atoms with Gasteiger partial charge < -0.3 is 24.6 Å². The number of hydrogen-bond acceptors (Lipinski definition) is 5. The molecule has 3 N–H and O–H groups in total. The van der Waals surface area contributed by atoms with Crippen molar-refractivity contribution in [3.63, 3.8) is 0 Å². The fourth-order valence-corrected chi connectivity index (χ4v) is 3.21. The minimum atomic E-state index is -0.744. The second kappa shape index (κ2) is 8.15. The fourth-order valence-electron chi connectivity index (χ4n) is 3.21. The Labute approximate surface area is 175 Å². The quantitative estimate of drug-likeness (QED) is 0.430. The maximum atomic E-state index is 12.7. The minimum Gasteiger partial charge on any atom is -0.459 e. The van der Waals surface area contributed by atoms with Crippen molar-refractivity contribution in [2.24, 2.45) is 0 Å². The van der Waals surface area contributed by atoms with Crippen LogP contribution in [0.25, 0.3) is 11.0 Å². The molecule has 9 nitrogen and oxygen atoms in total. The lowest BCUT2D eigenvalue weighted by molar-refractivity contribution is 0.0995. The molecule has 0 fully saturated rings. The van der Waals surface area contributed by atoms with Crippen LogP contribution in [0.5, 0.6) is 0 Å². The number of fused-ring (bicyclic) bond motifs is 1. The van der Waals surface area contributed by atoms with E-state index in [2.05, 4.69) is 15.6 Å². The first kappa shape index (κ1) is 19.9. The van der Waals surface area contributed by atoms with Crippen LogP contribution < -0.4 is 21.8 Å². The molecule has 0 saturated carbocycles. The normalized spacial score (nSPS) is 10.7. The Kier molecular flexibility index (Phi) is 5.23. The average molecular weight is 418 g/mol. The van der Waals surface area contributed by atoms with Crippen molar-refractivity contribution in [1.29, 1.82) is 0 Å². The SMILES string of the molecule is CCn1c(=O)c(=O)[nH]c2cc(C(=O)Nc3cccc(NC(=O)c4ccco4)c3)ccc21.